The number of aliphatic hydroxyl groups excluding tert-OH is 1. The van der Waals surface area contributed by atoms with Crippen molar-refractivity contribution in [1.29, 1.82) is 0 Å². The van der Waals surface area contributed by atoms with E-state index in [0.29, 0.717) is 5.56 Å². The van der Waals surface area contributed by atoms with Crippen molar-refractivity contribution in [2.75, 3.05) is 0 Å². The zero-order chi connectivity index (χ0) is 20.1. The zero-order valence-electron chi connectivity index (χ0n) is 14.8. The number of pyridine rings is 1. The van der Waals surface area contributed by atoms with Gasteiger partial charge in [-0.15, -0.1) is 0 Å². The van der Waals surface area contributed by atoms with Crippen LogP contribution >= 0.6 is 0 Å². The summed E-state index contributed by atoms with van der Waals surface area (Å²) >= 11 is 0. The monoisotopic (exact) mass is 383 g/mol. The summed E-state index contributed by atoms with van der Waals surface area (Å²) in [6, 6.07) is 15.4. The number of hydrogen-bond donors (Lipinski definition) is 2. The van der Waals surface area contributed by atoms with E-state index in [9.17, 15) is 24.2 Å². The van der Waals surface area contributed by atoms with Crippen molar-refractivity contribution < 1.29 is 24.1 Å². The van der Waals surface area contributed by atoms with Gasteiger partial charge in [-0.2, -0.15) is 0 Å². The standard InChI is InChI=1S/C21H18FNO5/c22-16-8-6-15(7-9-16)20(27)19-21(28-13-14-4-2-1-3-5-14)17(24)10-11-23(19)12-18(25)26/h1-11,20,27H,12-13H2,(H,25,26). The molecule has 0 bridgehead atoms. The lowest BCUT2D eigenvalue weighted by Gasteiger charge is -2.21. The molecule has 3 aromatic rings. The fourth-order valence-electron chi connectivity index (χ4n) is 2.81. The lowest BCUT2D eigenvalue weighted by Crippen LogP contribution is -2.22. The average Bonchev–Trinajstić information content (AvgIpc) is 2.68. The van der Waals surface area contributed by atoms with Gasteiger partial charge < -0.3 is 19.5 Å². The number of ether oxygens (including phenoxy) is 1. The lowest BCUT2D eigenvalue weighted by molar-refractivity contribution is -0.137. The van der Waals surface area contributed by atoms with Crippen LogP contribution in [0.4, 0.5) is 4.39 Å². The second-order valence-electron chi connectivity index (χ2n) is 6.14. The van der Waals surface area contributed by atoms with E-state index in [0.717, 1.165) is 5.56 Å². The molecule has 28 heavy (non-hydrogen) atoms. The molecule has 0 aliphatic carbocycles. The molecule has 144 valence electrons. The van der Waals surface area contributed by atoms with Gasteiger partial charge in [0.05, 0.1) is 5.69 Å². The first-order chi connectivity index (χ1) is 13.5. The van der Waals surface area contributed by atoms with Gasteiger partial charge in [0.1, 0.15) is 25.1 Å². The molecule has 2 aromatic carbocycles. The summed E-state index contributed by atoms with van der Waals surface area (Å²) < 4.78 is 20.1. The predicted molar refractivity (Wildman–Crippen MR) is 99.6 cm³/mol. The third-order valence-corrected chi connectivity index (χ3v) is 4.15. The normalized spacial score (nSPS) is 11.8. The van der Waals surface area contributed by atoms with Crippen LogP contribution in [0.15, 0.2) is 71.7 Å². The van der Waals surface area contributed by atoms with Crippen LogP contribution in [0.25, 0.3) is 0 Å². The summed E-state index contributed by atoms with van der Waals surface area (Å²) in [6.45, 7) is -0.411. The summed E-state index contributed by atoms with van der Waals surface area (Å²) in [6.07, 6.45) is -0.0897. The number of carboxylic acid groups (broad SMARTS) is 1. The highest BCUT2D eigenvalue weighted by Crippen LogP contribution is 2.28. The fourth-order valence-corrected chi connectivity index (χ4v) is 2.81. The first-order valence-electron chi connectivity index (χ1n) is 8.51. The Balaban J connectivity index is 2.05. The minimum atomic E-state index is -1.38. The minimum Gasteiger partial charge on any atom is -0.483 e. The summed E-state index contributed by atoms with van der Waals surface area (Å²) in [5, 5.41) is 20.0. The van der Waals surface area contributed by atoms with Gasteiger partial charge in [0.2, 0.25) is 5.43 Å². The molecule has 0 fully saturated rings. The van der Waals surface area contributed by atoms with E-state index in [4.69, 9.17) is 4.74 Å². The Morgan fingerprint density at radius 1 is 1.07 bits per heavy atom. The van der Waals surface area contributed by atoms with Crippen LogP contribution in [0, 0.1) is 5.82 Å². The number of halogens is 1. The molecule has 2 N–H and O–H groups in total. The number of carbonyl (C=O) groups is 1. The van der Waals surface area contributed by atoms with E-state index in [1.54, 1.807) is 0 Å². The molecule has 1 atom stereocenters. The van der Waals surface area contributed by atoms with Crippen molar-refractivity contribution in [2.24, 2.45) is 0 Å². The van der Waals surface area contributed by atoms with Gasteiger partial charge in [0.25, 0.3) is 0 Å². The number of benzene rings is 2. The predicted octanol–water partition coefficient (Wildman–Crippen LogP) is 2.73. The average molecular weight is 383 g/mol. The number of aliphatic hydroxyl groups is 1. The van der Waals surface area contributed by atoms with Crippen molar-refractivity contribution >= 4 is 5.97 Å². The molecule has 0 saturated heterocycles. The van der Waals surface area contributed by atoms with E-state index in [-0.39, 0.29) is 18.1 Å². The fraction of sp³-hybridized carbons (Fsp3) is 0.143. The molecule has 7 heteroatoms. The Morgan fingerprint density at radius 3 is 2.39 bits per heavy atom. The van der Waals surface area contributed by atoms with Crippen molar-refractivity contribution in [3.8, 4) is 5.75 Å². The molecule has 0 saturated carbocycles. The van der Waals surface area contributed by atoms with Crippen molar-refractivity contribution in [2.45, 2.75) is 19.3 Å². The largest absolute Gasteiger partial charge is 0.483 e. The second kappa shape index (κ2) is 8.49. The maximum atomic E-state index is 13.2. The number of nitrogens with zero attached hydrogens (tertiary/aromatic N) is 1. The summed E-state index contributed by atoms with van der Waals surface area (Å²) in [5.41, 5.74) is 0.611. The van der Waals surface area contributed by atoms with Crippen LogP contribution < -0.4 is 10.2 Å². The highest BCUT2D eigenvalue weighted by Gasteiger charge is 2.23. The maximum absolute atomic E-state index is 13.2. The highest BCUT2D eigenvalue weighted by atomic mass is 19.1. The highest BCUT2D eigenvalue weighted by molar-refractivity contribution is 5.66. The Kier molecular flexibility index (Phi) is 5.86. The molecule has 0 amide bonds. The summed E-state index contributed by atoms with van der Waals surface area (Å²) in [7, 11) is 0. The minimum absolute atomic E-state index is 0.00237. The first-order valence-corrected chi connectivity index (χ1v) is 8.51. The van der Waals surface area contributed by atoms with E-state index < -0.39 is 29.9 Å². The molecule has 1 unspecified atom stereocenters. The SMILES string of the molecule is O=C(O)Cn1ccc(=O)c(OCc2ccccc2)c1C(O)c1ccc(F)cc1. The van der Waals surface area contributed by atoms with Crippen molar-refractivity contribution in [3.63, 3.8) is 0 Å². The zero-order valence-corrected chi connectivity index (χ0v) is 14.8. The van der Waals surface area contributed by atoms with Gasteiger partial charge in [0.15, 0.2) is 5.75 Å². The van der Waals surface area contributed by atoms with Crippen LogP contribution in [-0.2, 0) is 17.9 Å². The molecular formula is C21H18FNO5. The van der Waals surface area contributed by atoms with Crippen LogP contribution in [-0.4, -0.2) is 20.7 Å². The van der Waals surface area contributed by atoms with Crippen LogP contribution in [0.2, 0.25) is 0 Å². The van der Waals surface area contributed by atoms with E-state index in [2.05, 4.69) is 0 Å². The molecular weight excluding hydrogens is 365 g/mol. The van der Waals surface area contributed by atoms with Crippen molar-refractivity contribution in [3.05, 3.63) is 99.7 Å². The van der Waals surface area contributed by atoms with Gasteiger partial charge in [-0.05, 0) is 23.3 Å². The van der Waals surface area contributed by atoms with Crippen LogP contribution in [0.1, 0.15) is 22.9 Å². The smallest absolute Gasteiger partial charge is 0.323 e. The second-order valence-corrected chi connectivity index (χ2v) is 6.14. The molecule has 3 rings (SSSR count). The molecule has 0 aliphatic rings. The first kappa shape index (κ1) is 19.3. The number of carboxylic acids is 1. The number of aliphatic carboxylic acids is 1. The number of rotatable bonds is 7. The van der Waals surface area contributed by atoms with Gasteiger partial charge >= 0.3 is 5.97 Å². The van der Waals surface area contributed by atoms with Crippen LogP contribution in [0.3, 0.4) is 0 Å². The van der Waals surface area contributed by atoms with Gasteiger partial charge in [0, 0.05) is 12.3 Å². The van der Waals surface area contributed by atoms with E-state index in [1.165, 1.54) is 41.1 Å². The summed E-state index contributed by atoms with van der Waals surface area (Å²) in [4.78, 5) is 23.7. The molecule has 6 nitrogen and oxygen atoms in total. The topological polar surface area (TPSA) is 88.8 Å². The molecule has 0 aliphatic heterocycles. The Labute approximate surface area is 160 Å². The maximum Gasteiger partial charge on any atom is 0.323 e. The third kappa shape index (κ3) is 4.44. The van der Waals surface area contributed by atoms with Gasteiger partial charge in [-0.25, -0.2) is 4.39 Å². The summed E-state index contributed by atoms with van der Waals surface area (Å²) in [5.74, 6) is -1.78. The Bertz CT molecular complexity index is 1020. The van der Waals surface area contributed by atoms with E-state index in [1.807, 2.05) is 30.3 Å². The van der Waals surface area contributed by atoms with Crippen LogP contribution in [0.5, 0.6) is 5.75 Å². The number of hydrogen-bond acceptors (Lipinski definition) is 4. The van der Waals surface area contributed by atoms with Gasteiger partial charge in [-0.1, -0.05) is 42.5 Å². The Morgan fingerprint density at radius 2 is 1.75 bits per heavy atom. The quantitative estimate of drug-likeness (QED) is 0.655. The third-order valence-electron chi connectivity index (χ3n) is 4.15. The number of aromatic nitrogens is 1. The lowest BCUT2D eigenvalue weighted by atomic mass is 10.0. The Hall–Kier alpha value is -3.45. The molecule has 1 aromatic heterocycles. The van der Waals surface area contributed by atoms with Gasteiger partial charge in [-0.3, -0.25) is 9.59 Å². The molecule has 0 spiro atoms. The molecule has 0 radical (unpaired) electrons. The molecule has 1 heterocycles. The van der Waals surface area contributed by atoms with E-state index >= 15 is 0 Å². The van der Waals surface area contributed by atoms with Crippen molar-refractivity contribution in [1.82, 2.24) is 4.57 Å².